The van der Waals surface area contributed by atoms with E-state index < -0.39 is 11.9 Å². The Hall–Kier alpha value is -2.71. The van der Waals surface area contributed by atoms with E-state index in [9.17, 15) is 14.7 Å². The predicted octanol–water partition coefficient (Wildman–Crippen LogP) is 4.88. The van der Waals surface area contributed by atoms with Crippen molar-refractivity contribution >= 4 is 40.7 Å². The van der Waals surface area contributed by atoms with Crippen molar-refractivity contribution in [2.24, 2.45) is 0 Å². The maximum Gasteiger partial charge on any atom is 0.345 e. The maximum absolute atomic E-state index is 11.8. The first-order chi connectivity index (χ1) is 14.0. The summed E-state index contributed by atoms with van der Waals surface area (Å²) in [5.74, 6) is -1.09. The molecule has 0 bridgehead atoms. The van der Waals surface area contributed by atoms with E-state index in [1.807, 2.05) is 17.5 Å². The summed E-state index contributed by atoms with van der Waals surface area (Å²) < 4.78 is 0. The number of thiophene rings is 2. The number of carboxylic acid groups (broad SMARTS) is 2. The molecule has 152 valence electrons. The number of imidazole rings is 1. The number of nitrogens with zero attached hydrogens (tertiary/aromatic N) is 1. The molecule has 0 aromatic carbocycles. The van der Waals surface area contributed by atoms with E-state index in [0.717, 1.165) is 40.5 Å². The first kappa shape index (κ1) is 21.0. The van der Waals surface area contributed by atoms with Gasteiger partial charge in [-0.1, -0.05) is 19.4 Å². The first-order valence-corrected chi connectivity index (χ1v) is 11.0. The summed E-state index contributed by atoms with van der Waals surface area (Å²) in [6.45, 7) is 2.10. The summed E-state index contributed by atoms with van der Waals surface area (Å²) in [5, 5.41) is 20.7. The lowest BCUT2D eigenvalue weighted by molar-refractivity contribution is -0.132. The zero-order chi connectivity index (χ0) is 20.8. The van der Waals surface area contributed by atoms with Crippen LogP contribution in [0, 0.1) is 0 Å². The van der Waals surface area contributed by atoms with Crippen LogP contribution in [0.1, 0.15) is 56.4 Å². The van der Waals surface area contributed by atoms with Crippen LogP contribution in [0.5, 0.6) is 0 Å². The van der Waals surface area contributed by atoms with E-state index in [-0.39, 0.29) is 10.5 Å². The molecule has 0 amide bonds. The van der Waals surface area contributed by atoms with Crippen LogP contribution in [-0.2, 0) is 24.1 Å². The number of carboxylic acids is 2. The molecular weight excluding hydrogens is 408 g/mol. The summed E-state index contributed by atoms with van der Waals surface area (Å²) in [4.78, 5) is 33.0. The minimum absolute atomic E-state index is 0.277. The highest BCUT2D eigenvalue weighted by molar-refractivity contribution is 7.13. The monoisotopic (exact) mass is 430 g/mol. The highest BCUT2D eigenvalue weighted by Gasteiger charge is 2.16. The Morgan fingerprint density at radius 2 is 2.03 bits per heavy atom. The predicted molar refractivity (Wildman–Crippen MR) is 115 cm³/mol. The number of unbranched alkanes of at least 4 members (excludes halogenated alkanes) is 1. The van der Waals surface area contributed by atoms with Gasteiger partial charge >= 0.3 is 11.9 Å². The molecule has 3 aromatic rings. The van der Waals surface area contributed by atoms with Gasteiger partial charge in [-0.15, -0.1) is 22.7 Å². The standard InChI is InChI=1S/C21H22N2O4S2/c1-2-3-6-19-22-16(11-13(20(24)25)10-14-5-4-9-28-14)17(23-19)12-15-7-8-18(29-15)21(26)27/h4-5,7-9,11H,2-3,6,10,12H2,1H3,(H,22,23)(H,24,25)(H,26,27)/b13-11+. The van der Waals surface area contributed by atoms with Crippen LogP contribution in [0.3, 0.4) is 0 Å². The van der Waals surface area contributed by atoms with E-state index in [4.69, 9.17) is 5.11 Å². The number of aliphatic carboxylic acids is 1. The Labute approximate surface area is 176 Å². The second-order valence-corrected chi connectivity index (χ2v) is 8.83. The van der Waals surface area contributed by atoms with E-state index in [0.29, 0.717) is 18.5 Å². The molecule has 0 saturated carbocycles. The topological polar surface area (TPSA) is 103 Å². The van der Waals surface area contributed by atoms with Crippen LogP contribution in [-0.4, -0.2) is 32.1 Å². The molecule has 0 fully saturated rings. The zero-order valence-corrected chi connectivity index (χ0v) is 17.6. The number of aryl methyl sites for hydroxylation is 1. The molecule has 3 heterocycles. The van der Waals surface area contributed by atoms with Gasteiger partial charge in [0.2, 0.25) is 0 Å². The molecule has 0 unspecified atom stereocenters. The number of hydrogen-bond donors (Lipinski definition) is 3. The number of carbonyl (C=O) groups is 2. The Morgan fingerprint density at radius 3 is 2.66 bits per heavy atom. The highest BCUT2D eigenvalue weighted by atomic mass is 32.1. The van der Waals surface area contributed by atoms with Crippen molar-refractivity contribution in [3.8, 4) is 0 Å². The normalized spacial score (nSPS) is 11.7. The summed E-state index contributed by atoms with van der Waals surface area (Å²) in [5.41, 5.74) is 1.69. The minimum atomic E-state index is -0.966. The second-order valence-electron chi connectivity index (χ2n) is 6.63. The number of nitrogens with one attached hydrogen (secondary N) is 1. The molecule has 3 rings (SSSR count). The summed E-state index contributed by atoms with van der Waals surface area (Å²) in [6.07, 6.45) is 5.26. The largest absolute Gasteiger partial charge is 0.478 e. The number of H-pyrrole nitrogens is 1. The third-order valence-corrected chi connectivity index (χ3v) is 6.33. The Kier molecular flexibility index (Phi) is 7.00. The average molecular weight is 431 g/mol. The lowest BCUT2D eigenvalue weighted by Gasteiger charge is -2.02. The number of aromatic nitrogens is 2. The van der Waals surface area contributed by atoms with E-state index in [1.165, 1.54) is 22.7 Å². The van der Waals surface area contributed by atoms with E-state index in [2.05, 4.69) is 16.9 Å². The highest BCUT2D eigenvalue weighted by Crippen LogP contribution is 2.24. The van der Waals surface area contributed by atoms with Crippen LogP contribution in [0.15, 0.2) is 35.2 Å². The van der Waals surface area contributed by atoms with Crippen molar-refractivity contribution in [1.29, 1.82) is 0 Å². The van der Waals surface area contributed by atoms with Crippen LogP contribution in [0.4, 0.5) is 0 Å². The van der Waals surface area contributed by atoms with Crippen molar-refractivity contribution in [1.82, 2.24) is 9.97 Å². The molecule has 0 aliphatic heterocycles. The molecule has 0 saturated heterocycles. The van der Waals surface area contributed by atoms with Gasteiger partial charge in [0.15, 0.2) is 0 Å². The molecule has 3 N–H and O–H groups in total. The van der Waals surface area contributed by atoms with Crippen molar-refractivity contribution in [2.45, 2.75) is 39.0 Å². The van der Waals surface area contributed by atoms with Crippen molar-refractivity contribution in [3.05, 3.63) is 67.1 Å². The van der Waals surface area contributed by atoms with Crippen LogP contribution in [0.25, 0.3) is 6.08 Å². The van der Waals surface area contributed by atoms with E-state index >= 15 is 0 Å². The summed E-state index contributed by atoms with van der Waals surface area (Å²) in [6, 6.07) is 7.20. The van der Waals surface area contributed by atoms with Crippen LogP contribution in [0.2, 0.25) is 0 Å². The van der Waals surface area contributed by atoms with Gasteiger partial charge in [0.05, 0.1) is 5.69 Å². The molecule has 0 radical (unpaired) electrons. The molecule has 0 atom stereocenters. The molecule has 0 aliphatic rings. The second kappa shape index (κ2) is 9.67. The number of hydrogen-bond acceptors (Lipinski definition) is 5. The minimum Gasteiger partial charge on any atom is -0.478 e. The van der Waals surface area contributed by atoms with Gasteiger partial charge in [-0.3, -0.25) is 0 Å². The summed E-state index contributed by atoms with van der Waals surface area (Å²) >= 11 is 2.74. The van der Waals surface area contributed by atoms with Gasteiger partial charge in [-0.2, -0.15) is 0 Å². The molecule has 0 aliphatic carbocycles. The SMILES string of the molecule is CCCCc1nc(/C=C(\Cc2cccs2)C(=O)O)c(Cc2ccc(C(=O)O)s2)[nH]1. The molecule has 6 nitrogen and oxygen atoms in total. The zero-order valence-electron chi connectivity index (χ0n) is 16.0. The molecule has 29 heavy (non-hydrogen) atoms. The fourth-order valence-electron chi connectivity index (χ4n) is 2.91. The van der Waals surface area contributed by atoms with Crippen molar-refractivity contribution in [2.75, 3.05) is 0 Å². The Balaban J connectivity index is 1.92. The quantitative estimate of drug-likeness (QED) is 0.398. The first-order valence-electron chi connectivity index (χ1n) is 9.32. The number of aromatic amines is 1. The third-order valence-electron chi connectivity index (χ3n) is 4.38. The number of rotatable bonds is 10. The van der Waals surface area contributed by atoms with Crippen molar-refractivity contribution < 1.29 is 19.8 Å². The lowest BCUT2D eigenvalue weighted by Crippen LogP contribution is -2.03. The molecule has 0 spiro atoms. The van der Waals surface area contributed by atoms with Gasteiger partial charge in [0.25, 0.3) is 0 Å². The van der Waals surface area contributed by atoms with Gasteiger partial charge in [0, 0.05) is 40.3 Å². The Bertz CT molecular complexity index is 1020. The lowest BCUT2D eigenvalue weighted by atomic mass is 10.1. The van der Waals surface area contributed by atoms with Crippen LogP contribution >= 0.6 is 22.7 Å². The fourth-order valence-corrected chi connectivity index (χ4v) is 4.50. The van der Waals surface area contributed by atoms with Gasteiger partial charge < -0.3 is 15.2 Å². The summed E-state index contributed by atoms with van der Waals surface area (Å²) in [7, 11) is 0. The average Bonchev–Trinajstić information content (AvgIpc) is 3.42. The van der Waals surface area contributed by atoms with Crippen molar-refractivity contribution in [3.63, 3.8) is 0 Å². The van der Waals surface area contributed by atoms with Gasteiger partial charge in [-0.05, 0) is 36.1 Å². The van der Waals surface area contributed by atoms with E-state index in [1.54, 1.807) is 18.2 Å². The van der Waals surface area contributed by atoms with Gasteiger partial charge in [-0.25, -0.2) is 14.6 Å². The fraction of sp³-hybridized carbons (Fsp3) is 0.286. The smallest absolute Gasteiger partial charge is 0.345 e. The third kappa shape index (κ3) is 5.65. The molecular formula is C21H22N2O4S2. The molecule has 3 aromatic heterocycles. The maximum atomic E-state index is 11.8. The van der Waals surface area contributed by atoms with Gasteiger partial charge in [0.1, 0.15) is 10.7 Å². The Morgan fingerprint density at radius 1 is 1.21 bits per heavy atom. The number of aromatic carboxylic acids is 1. The molecule has 8 heteroatoms. The van der Waals surface area contributed by atoms with Crippen LogP contribution < -0.4 is 0 Å².